The van der Waals surface area contributed by atoms with Gasteiger partial charge in [-0.1, -0.05) is 39.0 Å². The smallest absolute Gasteiger partial charge is 0.259 e. The van der Waals surface area contributed by atoms with Gasteiger partial charge in [0.25, 0.3) is 5.91 Å². The predicted octanol–water partition coefficient (Wildman–Crippen LogP) is 3.75. The van der Waals surface area contributed by atoms with Crippen LogP contribution in [0, 0.1) is 0 Å². The van der Waals surface area contributed by atoms with Gasteiger partial charge in [0.2, 0.25) is 0 Å². The summed E-state index contributed by atoms with van der Waals surface area (Å²) >= 11 is 1.89. The Morgan fingerprint density at radius 1 is 1.17 bits per heavy atom. The second kappa shape index (κ2) is 3.89. The molecule has 0 bridgehead atoms. The van der Waals surface area contributed by atoms with Gasteiger partial charge in [-0.2, -0.15) is 0 Å². The van der Waals surface area contributed by atoms with Gasteiger partial charge in [0.1, 0.15) is 0 Å². The fourth-order valence-electron chi connectivity index (χ4n) is 2.58. The number of fused-ring (bicyclic) bond motifs is 3. The summed E-state index contributed by atoms with van der Waals surface area (Å²) in [5, 5.41) is 0. The molecule has 0 aliphatic carbocycles. The lowest BCUT2D eigenvalue weighted by atomic mass is 10.1. The highest BCUT2D eigenvalue weighted by Gasteiger charge is 2.38. The molecule has 3 heteroatoms. The first-order valence-electron chi connectivity index (χ1n) is 6.31. The summed E-state index contributed by atoms with van der Waals surface area (Å²) in [5.74, 6) is 0.171. The number of thioether (sulfide) groups is 1. The lowest BCUT2D eigenvalue weighted by molar-refractivity contribution is 0.0858. The molecule has 0 N–H and O–H groups in total. The fraction of sp³-hybridized carbons (Fsp3) is 0.400. The molecule has 3 rings (SSSR count). The van der Waals surface area contributed by atoms with Crippen molar-refractivity contribution in [1.29, 1.82) is 0 Å². The quantitative estimate of drug-likeness (QED) is 0.765. The maximum Gasteiger partial charge on any atom is 0.259 e. The molecule has 94 valence electrons. The third-order valence-electron chi connectivity index (χ3n) is 3.18. The molecular formula is C15H17NOS. The molecule has 2 aliphatic rings. The van der Waals surface area contributed by atoms with Crippen LogP contribution in [0.15, 0.2) is 29.2 Å². The summed E-state index contributed by atoms with van der Waals surface area (Å²) in [6.45, 7) is 7.49. The maximum atomic E-state index is 12.3. The van der Waals surface area contributed by atoms with Gasteiger partial charge < -0.3 is 4.90 Å². The average molecular weight is 259 g/mol. The Morgan fingerprint density at radius 3 is 2.50 bits per heavy atom. The Bertz CT molecular complexity index is 554. The summed E-state index contributed by atoms with van der Waals surface area (Å²) in [7, 11) is 0. The van der Waals surface area contributed by atoms with E-state index in [2.05, 4.69) is 26.8 Å². The van der Waals surface area contributed by atoms with Gasteiger partial charge >= 0.3 is 0 Å². The zero-order valence-corrected chi connectivity index (χ0v) is 11.8. The van der Waals surface area contributed by atoms with Crippen molar-refractivity contribution in [3.05, 3.63) is 40.3 Å². The second-order valence-corrected chi connectivity index (χ2v) is 7.66. The number of nitrogens with zero attached hydrogens (tertiary/aromatic N) is 1. The molecule has 0 saturated carbocycles. The average Bonchev–Trinajstić information content (AvgIpc) is 2.80. The van der Waals surface area contributed by atoms with Gasteiger partial charge in [-0.3, -0.25) is 4.79 Å². The van der Waals surface area contributed by atoms with Crippen molar-refractivity contribution in [3.8, 4) is 0 Å². The Labute approximate surface area is 112 Å². The van der Waals surface area contributed by atoms with Crippen molar-refractivity contribution in [2.45, 2.75) is 31.9 Å². The third kappa shape index (κ3) is 1.77. The first kappa shape index (κ1) is 11.8. The molecule has 1 amide bonds. The summed E-state index contributed by atoms with van der Waals surface area (Å²) in [4.78, 5) is 15.6. The van der Waals surface area contributed by atoms with E-state index in [0.717, 1.165) is 29.8 Å². The van der Waals surface area contributed by atoms with Crippen LogP contribution in [0.3, 0.4) is 0 Å². The number of hydrogen-bond donors (Lipinski definition) is 0. The van der Waals surface area contributed by atoms with Crippen molar-refractivity contribution in [3.63, 3.8) is 0 Å². The van der Waals surface area contributed by atoms with E-state index < -0.39 is 0 Å². The number of carbonyl (C=O) groups is 1. The van der Waals surface area contributed by atoms with Gasteiger partial charge in [-0.05, 0) is 12.5 Å². The Kier molecular flexibility index (Phi) is 2.56. The molecule has 0 radical (unpaired) electrons. The van der Waals surface area contributed by atoms with Crippen LogP contribution in [0.2, 0.25) is 0 Å². The van der Waals surface area contributed by atoms with E-state index in [9.17, 15) is 4.79 Å². The van der Waals surface area contributed by atoms with Crippen LogP contribution in [0.25, 0.3) is 5.70 Å². The van der Waals surface area contributed by atoms with Crippen LogP contribution in [0.4, 0.5) is 0 Å². The number of benzene rings is 1. The van der Waals surface area contributed by atoms with E-state index in [4.69, 9.17) is 0 Å². The van der Waals surface area contributed by atoms with E-state index in [0.29, 0.717) is 0 Å². The highest BCUT2D eigenvalue weighted by molar-refractivity contribution is 8.04. The van der Waals surface area contributed by atoms with Crippen LogP contribution in [0.5, 0.6) is 0 Å². The fourth-order valence-corrected chi connectivity index (χ4v) is 3.83. The lowest BCUT2D eigenvalue weighted by Crippen LogP contribution is -2.20. The first-order valence-corrected chi connectivity index (χ1v) is 7.12. The van der Waals surface area contributed by atoms with Crippen molar-refractivity contribution < 1.29 is 4.79 Å². The largest absolute Gasteiger partial charge is 0.307 e. The van der Waals surface area contributed by atoms with E-state index in [-0.39, 0.29) is 10.7 Å². The molecule has 18 heavy (non-hydrogen) atoms. The van der Waals surface area contributed by atoms with Gasteiger partial charge in [0, 0.05) is 27.3 Å². The molecule has 0 fully saturated rings. The van der Waals surface area contributed by atoms with Crippen LogP contribution in [-0.2, 0) is 0 Å². The van der Waals surface area contributed by atoms with Crippen LogP contribution >= 0.6 is 11.8 Å². The molecule has 0 spiro atoms. The van der Waals surface area contributed by atoms with Crippen molar-refractivity contribution in [2.75, 3.05) is 6.54 Å². The SMILES string of the molecule is CC(C)(C)SC1=C2c3ccccc3C(=O)N2CC1. The van der Waals surface area contributed by atoms with E-state index >= 15 is 0 Å². The van der Waals surface area contributed by atoms with Crippen molar-refractivity contribution in [1.82, 2.24) is 4.90 Å². The minimum atomic E-state index is 0.171. The lowest BCUT2D eigenvalue weighted by Gasteiger charge is -2.19. The van der Waals surface area contributed by atoms with Crippen molar-refractivity contribution in [2.24, 2.45) is 0 Å². The molecule has 0 saturated heterocycles. The highest BCUT2D eigenvalue weighted by atomic mass is 32.2. The summed E-state index contributed by atoms with van der Waals surface area (Å²) in [6, 6.07) is 7.95. The third-order valence-corrected chi connectivity index (χ3v) is 4.44. The molecule has 1 aromatic rings. The minimum Gasteiger partial charge on any atom is -0.307 e. The minimum absolute atomic E-state index is 0.171. The topological polar surface area (TPSA) is 20.3 Å². The van der Waals surface area contributed by atoms with Gasteiger partial charge in [-0.15, -0.1) is 11.8 Å². The molecule has 2 nitrogen and oxygen atoms in total. The van der Waals surface area contributed by atoms with Crippen LogP contribution < -0.4 is 0 Å². The molecular weight excluding hydrogens is 242 g/mol. The van der Waals surface area contributed by atoms with Gasteiger partial charge in [0.05, 0.1) is 5.70 Å². The Morgan fingerprint density at radius 2 is 1.83 bits per heavy atom. The molecule has 0 atom stereocenters. The number of hydrogen-bond acceptors (Lipinski definition) is 2. The Hall–Kier alpha value is -1.22. The standard InChI is InChI=1S/C15H17NOS/c1-15(2,3)18-12-8-9-16-13(12)10-6-4-5-7-11(10)14(16)17/h4-7H,8-9H2,1-3H3. The van der Waals surface area contributed by atoms with Crippen LogP contribution in [0.1, 0.15) is 43.1 Å². The van der Waals surface area contributed by atoms with Gasteiger partial charge in [-0.25, -0.2) is 0 Å². The number of rotatable bonds is 1. The van der Waals surface area contributed by atoms with Gasteiger partial charge in [0.15, 0.2) is 0 Å². The summed E-state index contributed by atoms with van der Waals surface area (Å²) in [6.07, 6.45) is 0.997. The zero-order valence-electron chi connectivity index (χ0n) is 11.0. The van der Waals surface area contributed by atoms with E-state index in [1.165, 1.54) is 4.91 Å². The second-order valence-electron chi connectivity index (χ2n) is 5.74. The zero-order chi connectivity index (χ0) is 12.9. The molecule has 2 aliphatic heterocycles. The summed E-state index contributed by atoms with van der Waals surface area (Å²) < 4.78 is 0.193. The Balaban J connectivity index is 2.10. The molecule has 2 heterocycles. The molecule has 1 aromatic carbocycles. The summed E-state index contributed by atoms with van der Waals surface area (Å²) in [5.41, 5.74) is 3.14. The van der Waals surface area contributed by atoms with Crippen molar-refractivity contribution >= 4 is 23.4 Å². The maximum absolute atomic E-state index is 12.3. The molecule has 0 unspecified atom stereocenters. The predicted molar refractivity (Wildman–Crippen MR) is 76.4 cm³/mol. The molecule has 0 aromatic heterocycles. The monoisotopic (exact) mass is 259 g/mol. The first-order chi connectivity index (χ1) is 8.47. The van der Waals surface area contributed by atoms with E-state index in [1.807, 2.05) is 34.9 Å². The van der Waals surface area contributed by atoms with Crippen LogP contribution in [-0.4, -0.2) is 22.1 Å². The number of amides is 1. The highest BCUT2D eigenvalue weighted by Crippen LogP contribution is 2.47. The van der Waals surface area contributed by atoms with E-state index in [1.54, 1.807) is 0 Å². The number of carbonyl (C=O) groups excluding carboxylic acids is 1. The normalized spacial score (nSPS) is 18.4.